The van der Waals surface area contributed by atoms with Crippen LogP contribution in [0, 0.1) is 5.92 Å². The molecule has 156 valence electrons. The third-order valence-corrected chi connectivity index (χ3v) is 6.34. The zero-order valence-electron chi connectivity index (χ0n) is 17.0. The third kappa shape index (κ3) is 5.04. The second-order valence-corrected chi connectivity index (χ2v) is 8.45. The fourth-order valence-electron chi connectivity index (χ4n) is 3.98. The summed E-state index contributed by atoms with van der Waals surface area (Å²) in [5.74, 6) is 1.02. The molecule has 1 saturated heterocycles. The number of piperidine rings is 1. The van der Waals surface area contributed by atoms with Crippen molar-refractivity contribution in [3.05, 3.63) is 76.5 Å². The number of carbonyl (C=O) groups is 1. The highest BCUT2D eigenvalue weighted by molar-refractivity contribution is 7.09. The van der Waals surface area contributed by atoms with Crippen molar-refractivity contribution in [3.8, 4) is 5.75 Å². The summed E-state index contributed by atoms with van der Waals surface area (Å²) in [5, 5.41) is 6.13. The summed E-state index contributed by atoms with van der Waals surface area (Å²) in [6, 6.07) is 13.5. The molecule has 0 radical (unpaired) electrons. The first-order chi connectivity index (χ1) is 14.7. The van der Waals surface area contributed by atoms with E-state index in [1.807, 2.05) is 29.6 Å². The molecule has 6 nitrogen and oxygen atoms in total. The molecule has 1 N–H and O–H groups in total. The average Bonchev–Trinajstić information content (AvgIpc) is 3.33. The van der Waals surface area contributed by atoms with Gasteiger partial charge in [0.25, 0.3) is 5.91 Å². The van der Waals surface area contributed by atoms with Gasteiger partial charge in [-0.2, -0.15) is 0 Å². The monoisotopic (exact) mass is 422 g/mol. The zero-order chi connectivity index (χ0) is 20.8. The van der Waals surface area contributed by atoms with Crippen LogP contribution in [-0.2, 0) is 6.54 Å². The molecule has 0 unspecified atom stereocenters. The van der Waals surface area contributed by atoms with Crippen LogP contribution >= 0.6 is 11.3 Å². The van der Waals surface area contributed by atoms with Gasteiger partial charge in [0.1, 0.15) is 16.5 Å². The van der Waals surface area contributed by atoms with Gasteiger partial charge in [-0.3, -0.25) is 14.7 Å². The van der Waals surface area contributed by atoms with E-state index in [1.165, 1.54) is 5.56 Å². The number of methoxy groups -OCH3 is 1. The van der Waals surface area contributed by atoms with E-state index in [-0.39, 0.29) is 11.9 Å². The molecular weight excluding hydrogens is 396 g/mol. The molecule has 7 heteroatoms. The lowest BCUT2D eigenvalue weighted by molar-refractivity contribution is 0.0873. The Bertz CT molecular complexity index is 932. The number of benzene rings is 1. The fourth-order valence-corrected chi connectivity index (χ4v) is 4.76. The molecule has 2 atom stereocenters. The molecule has 2 aromatic heterocycles. The molecule has 1 aliphatic rings. The number of nitrogens with one attached hydrogen (secondary N) is 1. The summed E-state index contributed by atoms with van der Waals surface area (Å²) in [6.07, 6.45) is 5.61. The molecule has 0 bridgehead atoms. The zero-order valence-corrected chi connectivity index (χ0v) is 17.8. The van der Waals surface area contributed by atoms with Crippen LogP contribution in [0.4, 0.5) is 0 Å². The minimum absolute atomic E-state index is 0.113. The van der Waals surface area contributed by atoms with Crippen molar-refractivity contribution in [1.82, 2.24) is 20.2 Å². The quantitative estimate of drug-likeness (QED) is 0.625. The van der Waals surface area contributed by atoms with Crippen LogP contribution in [0.15, 0.2) is 60.2 Å². The lowest BCUT2D eigenvalue weighted by Gasteiger charge is -2.36. The van der Waals surface area contributed by atoms with E-state index in [2.05, 4.69) is 32.3 Å². The van der Waals surface area contributed by atoms with Crippen LogP contribution in [0.3, 0.4) is 0 Å². The summed E-state index contributed by atoms with van der Waals surface area (Å²) in [5.41, 5.74) is 1.70. The van der Waals surface area contributed by atoms with E-state index in [0.717, 1.165) is 43.2 Å². The number of likely N-dealkylation sites (tertiary alicyclic amines) is 1. The van der Waals surface area contributed by atoms with E-state index >= 15 is 0 Å². The van der Waals surface area contributed by atoms with Crippen molar-refractivity contribution >= 4 is 17.2 Å². The smallest absolute Gasteiger partial charge is 0.270 e. The molecule has 1 aromatic carbocycles. The van der Waals surface area contributed by atoms with E-state index in [0.29, 0.717) is 11.6 Å². The summed E-state index contributed by atoms with van der Waals surface area (Å²) in [7, 11) is 1.68. The summed E-state index contributed by atoms with van der Waals surface area (Å²) < 4.78 is 5.26. The van der Waals surface area contributed by atoms with Gasteiger partial charge in [0.2, 0.25) is 0 Å². The number of rotatable bonds is 7. The average molecular weight is 423 g/mol. The number of hydrogen-bond acceptors (Lipinski definition) is 6. The van der Waals surface area contributed by atoms with Crippen LogP contribution in [0.25, 0.3) is 0 Å². The lowest BCUT2D eigenvalue weighted by Crippen LogP contribution is -2.42. The third-order valence-electron chi connectivity index (χ3n) is 5.48. The Morgan fingerprint density at radius 1 is 1.23 bits per heavy atom. The predicted molar refractivity (Wildman–Crippen MR) is 118 cm³/mol. The van der Waals surface area contributed by atoms with Gasteiger partial charge in [-0.25, -0.2) is 4.98 Å². The Morgan fingerprint density at radius 3 is 2.80 bits per heavy atom. The number of carbonyl (C=O) groups excluding carboxylic acids is 1. The number of ether oxygens (including phenoxy) is 1. The van der Waals surface area contributed by atoms with Crippen molar-refractivity contribution in [2.24, 2.45) is 5.92 Å². The fraction of sp³-hybridized carbons (Fsp3) is 0.348. The molecule has 1 aliphatic heterocycles. The number of amides is 1. The van der Waals surface area contributed by atoms with Gasteiger partial charge in [-0.05, 0) is 55.1 Å². The van der Waals surface area contributed by atoms with Gasteiger partial charge in [-0.15, -0.1) is 11.3 Å². The van der Waals surface area contributed by atoms with Gasteiger partial charge < -0.3 is 10.1 Å². The summed E-state index contributed by atoms with van der Waals surface area (Å²) in [6.45, 7) is 2.86. The first kappa shape index (κ1) is 20.5. The highest BCUT2D eigenvalue weighted by Gasteiger charge is 2.31. The van der Waals surface area contributed by atoms with E-state index in [1.54, 1.807) is 36.9 Å². The van der Waals surface area contributed by atoms with Crippen LogP contribution in [0.2, 0.25) is 0 Å². The van der Waals surface area contributed by atoms with Crippen molar-refractivity contribution in [3.63, 3.8) is 0 Å². The SMILES string of the molecule is COc1ccc(CN2CCC[C@@H]([C@@H](NC(=O)c3ccccn3)c3nccs3)C2)cc1. The molecule has 3 aromatic rings. The Morgan fingerprint density at radius 2 is 2.10 bits per heavy atom. The van der Waals surface area contributed by atoms with Crippen LogP contribution in [-0.4, -0.2) is 41.0 Å². The van der Waals surface area contributed by atoms with Crippen LogP contribution < -0.4 is 10.1 Å². The Labute approximate surface area is 180 Å². The van der Waals surface area contributed by atoms with Crippen LogP contribution in [0.5, 0.6) is 5.75 Å². The molecule has 1 fully saturated rings. The molecule has 0 aliphatic carbocycles. The predicted octanol–water partition coefficient (Wildman–Crippen LogP) is 3.93. The molecule has 1 amide bonds. The van der Waals surface area contributed by atoms with Crippen molar-refractivity contribution in [2.75, 3.05) is 20.2 Å². The minimum Gasteiger partial charge on any atom is -0.497 e. The normalized spacial score (nSPS) is 18.0. The Balaban J connectivity index is 1.46. The van der Waals surface area contributed by atoms with Gasteiger partial charge in [-0.1, -0.05) is 18.2 Å². The van der Waals surface area contributed by atoms with Gasteiger partial charge in [0, 0.05) is 30.9 Å². The first-order valence-electron chi connectivity index (χ1n) is 10.2. The molecular formula is C23H26N4O2S. The highest BCUT2D eigenvalue weighted by atomic mass is 32.1. The lowest BCUT2D eigenvalue weighted by atomic mass is 9.90. The van der Waals surface area contributed by atoms with E-state index in [9.17, 15) is 4.79 Å². The van der Waals surface area contributed by atoms with Crippen molar-refractivity contribution in [2.45, 2.75) is 25.4 Å². The van der Waals surface area contributed by atoms with E-state index in [4.69, 9.17) is 4.74 Å². The number of aromatic nitrogens is 2. The maximum absolute atomic E-state index is 12.8. The van der Waals surface area contributed by atoms with Crippen molar-refractivity contribution < 1.29 is 9.53 Å². The maximum atomic E-state index is 12.8. The van der Waals surface area contributed by atoms with Crippen LogP contribution in [0.1, 0.15) is 39.9 Å². The Kier molecular flexibility index (Phi) is 6.71. The number of thiazole rings is 1. The topological polar surface area (TPSA) is 67.3 Å². The second kappa shape index (κ2) is 9.82. The van der Waals surface area contributed by atoms with Gasteiger partial charge in [0.05, 0.1) is 13.2 Å². The molecule has 4 rings (SSSR count). The van der Waals surface area contributed by atoms with Gasteiger partial charge in [0.15, 0.2) is 0 Å². The standard InChI is InChI=1S/C23H26N4O2S/c1-29-19-9-7-17(8-10-19)15-27-13-4-5-18(16-27)21(23-25-12-14-30-23)26-22(28)20-6-2-3-11-24-20/h2-3,6-12,14,18,21H,4-5,13,15-16H2,1H3,(H,26,28)/t18-,21-/m1/s1. The second-order valence-electron chi connectivity index (χ2n) is 7.52. The summed E-state index contributed by atoms with van der Waals surface area (Å²) in [4.78, 5) is 24.0. The van der Waals surface area contributed by atoms with Crippen molar-refractivity contribution in [1.29, 1.82) is 0 Å². The largest absolute Gasteiger partial charge is 0.497 e. The molecule has 3 heterocycles. The summed E-state index contributed by atoms with van der Waals surface area (Å²) >= 11 is 1.59. The highest BCUT2D eigenvalue weighted by Crippen LogP contribution is 2.32. The van der Waals surface area contributed by atoms with E-state index < -0.39 is 0 Å². The number of hydrogen-bond donors (Lipinski definition) is 1. The Hall–Kier alpha value is -2.77. The minimum atomic E-state index is -0.150. The molecule has 0 saturated carbocycles. The molecule has 30 heavy (non-hydrogen) atoms. The number of nitrogens with zero attached hydrogens (tertiary/aromatic N) is 3. The molecule has 0 spiro atoms. The first-order valence-corrected chi connectivity index (χ1v) is 11.1. The van der Waals surface area contributed by atoms with Gasteiger partial charge >= 0.3 is 0 Å². The maximum Gasteiger partial charge on any atom is 0.270 e. The number of pyridine rings is 1.